The van der Waals surface area contributed by atoms with Crippen molar-refractivity contribution in [2.75, 3.05) is 0 Å². The summed E-state index contributed by atoms with van der Waals surface area (Å²) >= 11 is 0. The molecule has 5 radical (unpaired) electrons. The van der Waals surface area contributed by atoms with Crippen LogP contribution in [0, 0.1) is 0 Å². The fourth-order valence-electron chi connectivity index (χ4n) is 0. The third kappa shape index (κ3) is 26.2. The largest absolute Gasteiger partial charge is 0 e. The van der Waals surface area contributed by atoms with Gasteiger partial charge in [0.15, 0.2) is 0 Å². The minimum absolute atomic E-state index is 0. The molecule has 0 fully saturated rings. The van der Waals surface area contributed by atoms with Gasteiger partial charge in [-0.15, -0.1) is 0 Å². The predicted molar refractivity (Wildman–Crippen MR) is 0 cm³/mol. The van der Waals surface area contributed by atoms with Crippen LogP contribution in [0.15, 0.2) is 0 Å². The summed E-state index contributed by atoms with van der Waals surface area (Å²) < 4.78 is 0. The average molecular weight is 386 g/mol. The first-order chi connectivity index (χ1) is 0. The van der Waals surface area contributed by atoms with Crippen molar-refractivity contribution in [1.29, 1.82) is 0 Å². The second-order valence-electron chi connectivity index (χ2n) is 0. The summed E-state index contributed by atoms with van der Waals surface area (Å²) in [4.78, 5) is 0. The molecule has 0 aromatic rings. The standard InChI is InChI=1S/5Co.Zr. The Morgan fingerprint density at radius 1 is 0.333 bits per heavy atom. The Kier molecular flexibility index (Phi) is 378. The van der Waals surface area contributed by atoms with Gasteiger partial charge in [0.2, 0.25) is 0 Å². The van der Waals surface area contributed by atoms with Crippen LogP contribution in [-0.2, 0) is 110 Å². The molecule has 0 aliphatic heterocycles. The van der Waals surface area contributed by atoms with E-state index in [0.29, 0.717) is 0 Å². The van der Waals surface area contributed by atoms with E-state index in [-0.39, 0.29) is 110 Å². The average Bonchev–Trinajstić information content (AvgIpc) is 0. The van der Waals surface area contributed by atoms with Crippen LogP contribution >= 0.6 is 0 Å². The number of rotatable bonds is 0. The van der Waals surface area contributed by atoms with Crippen LogP contribution in [0.1, 0.15) is 0 Å². The molecule has 0 spiro atoms. The van der Waals surface area contributed by atoms with Crippen molar-refractivity contribution >= 4 is 0 Å². The van der Waals surface area contributed by atoms with E-state index >= 15 is 0 Å². The van der Waals surface area contributed by atoms with Gasteiger partial charge in [0, 0.05) is 110 Å². The van der Waals surface area contributed by atoms with Crippen molar-refractivity contribution in [3.63, 3.8) is 0 Å². The summed E-state index contributed by atoms with van der Waals surface area (Å²) in [6, 6.07) is 0. The quantitative estimate of drug-likeness (QED) is 0.550. The van der Waals surface area contributed by atoms with E-state index < -0.39 is 0 Å². The predicted octanol–water partition coefficient (Wildman–Crippen LogP) is -0.0150. The van der Waals surface area contributed by atoms with Crippen LogP contribution in [0.25, 0.3) is 0 Å². The van der Waals surface area contributed by atoms with Crippen LogP contribution in [0.4, 0.5) is 0 Å². The maximum absolute atomic E-state index is 0. The van der Waals surface area contributed by atoms with E-state index in [2.05, 4.69) is 0 Å². The Bertz CT molecular complexity index is 3.90. The summed E-state index contributed by atoms with van der Waals surface area (Å²) in [5, 5.41) is 0. The molecule has 0 amide bonds. The number of hydrogen-bond acceptors (Lipinski definition) is 0. The molecule has 0 atom stereocenters. The van der Waals surface area contributed by atoms with Crippen molar-refractivity contribution in [2.24, 2.45) is 0 Å². The molecule has 0 rings (SSSR count). The first-order valence-corrected chi connectivity index (χ1v) is 0. The molecule has 0 aliphatic rings. The Labute approximate surface area is 108 Å². The van der Waals surface area contributed by atoms with Crippen molar-refractivity contribution in [1.82, 2.24) is 0 Å². The second kappa shape index (κ2) is 39.7. The fraction of sp³-hybridized carbons (Fsp3) is 0. The monoisotopic (exact) mass is 385 g/mol. The Morgan fingerprint density at radius 3 is 0.333 bits per heavy atom. The molecule has 0 aromatic carbocycles. The second-order valence-corrected chi connectivity index (χ2v) is 0. The van der Waals surface area contributed by atoms with E-state index in [1.54, 1.807) is 0 Å². The van der Waals surface area contributed by atoms with Gasteiger partial charge < -0.3 is 0 Å². The summed E-state index contributed by atoms with van der Waals surface area (Å²) in [5.41, 5.74) is 0. The first kappa shape index (κ1) is 57.2. The molecule has 0 N–H and O–H groups in total. The maximum Gasteiger partial charge on any atom is 0 e. The summed E-state index contributed by atoms with van der Waals surface area (Å²) in [6.07, 6.45) is 0. The molecule has 0 saturated carbocycles. The normalized spacial score (nSPS) is 0. The maximum atomic E-state index is 0. The molecule has 0 aromatic heterocycles. The van der Waals surface area contributed by atoms with Gasteiger partial charge in [0.1, 0.15) is 0 Å². The fourth-order valence-corrected chi connectivity index (χ4v) is 0. The summed E-state index contributed by atoms with van der Waals surface area (Å²) in [6.45, 7) is 0. The van der Waals surface area contributed by atoms with E-state index in [1.165, 1.54) is 0 Å². The molecule has 0 aliphatic carbocycles. The van der Waals surface area contributed by atoms with E-state index in [9.17, 15) is 0 Å². The van der Waals surface area contributed by atoms with Gasteiger partial charge in [0.25, 0.3) is 0 Å². The van der Waals surface area contributed by atoms with Crippen LogP contribution in [0.5, 0.6) is 0 Å². The molecule has 6 heavy (non-hydrogen) atoms. The summed E-state index contributed by atoms with van der Waals surface area (Å²) in [5.74, 6) is 0. The molecular formula is Co5Zr. The Balaban J connectivity index is 0. The van der Waals surface area contributed by atoms with Crippen molar-refractivity contribution in [3.8, 4) is 0 Å². The Morgan fingerprint density at radius 2 is 0.333 bits per heavy atom. The SMILES string of the molecule is [Co].[Co].[Co].[Co].[Co].[Zr]. The molecule has 0 unspecified atom stereocenters. The van der Waals surface area contributed by atoms with E-state index in [1.807, 2.05) is 0 Å². The van der Waals surface area contributed by atoms with Gasteiger partial charge in [-0.05, 0) is 0 Å². The molecule has 49 valence electrons. The minimum atomic E-state index is 0. The van der Waals surface area contributed by atoms with Crippen molar-refractivity contribution < 1.29 is 110 Å². The number of hydrogen-bond donors (Lipinski definition) is 0. The van der Waals surface area contributed by atoms with E-state index in [4.69, 9.17) is 0 Å². The van der Waals surface area contributed by atoms with Gasteiger partial charge in [0.05, 0.1) is 0 Å². The van der Waals surface area contributed by atoms with Gasteiger partial charge in [-0.25, -0.2) is 0 Å². The zero-order valence-electron chi connectivity index (χ0n) is 2.17. The first-order valence-electron chi connectivity index (χ1n) is 0. The van der Waals surface area contributed by atoms with Gasteiger partial charge in [-0.1, -0.05) is 0 Å². The topological polar surface area (TPSA) is 0 Å². The van der Waals surface area contributed by atoms with Crippen LogP contribution in [-0.4, -0.2) is 0 Å². The van der Waals surface area contributed by atoms with Crippen molar-refractivity contribution in [2.45, 2.75) is 0 Å². The zero-order valence-corrected chi connectivity index (χ0v) is 9.83. The molecule has 0 bridgehead atoms. The van der Waals surface area contributed by atoms with Crippen LogP contribution in [0.3, 0.4) is 0 Å². The zero-order chi connectivity index (χ0) is 0. The van der Waals surface area contributed by atoms with Crippen LogP contribution < -0.4 is 0 Å². The molecule has 0 nitrogen and oxygen atoms in total. The molecule has 6 heteroatoms. The van der Waals surface area contributed by atoms with Crippen LogP contribution in [0.2, 0.25) is 0 Å². The summed E-state index contributed by atoms with van der Waals surface area (Å²) in [7, 11) is 0. The Hall–Kier alpha value is 3.42. The van der Waals surface area contributed by atoms with Gasteiger partial charge in [-0.3, -0.25) is 0 Å². The van der Waals surface area contributed by atoms with Gasteiger partial charge >= 0.3 is 0 Å². The smallest absolute Gasteiger partial charge is 0 e. The molecular weight excluding hydrogens is 386 g/mol. The third-order valence-electron chi connectivity index (χ3n) is 0. The third-order valence-corrected chi connectivity index (χ3v) is 0. The minimum Gasteiger partial charge on any atom is 0 e. The molecule has 0 heterocycles. The van der Waals surface area contributed by atoms with Crippen molar-refractivity contribution in [3.05, 3.63) is 0 Å². The van der Waals surface area contributed by atoms with E-state index in [0.717, 1.165) is 0 Å². The van der Waals surface area contributed by atoms with Gasteiger partial charge in [-0.2, -0.15) is 0 Å². The molecule has 0 saturated heterocycles.